The van der Waals surface area contributed by atoms with Gasteiger partial charge in [-0.05, 0) is 31.0 Å². The second-order valence-corrected chi connectivity index (χ2v) is 4.97. The molecule has 16 heavy (non-hydrogen) atoms. The molecule has 4 heteroatoms. The fourth-order valence-corrected chi connectivity index (χ4v) is 2.46. The van der Waals surface area contributed by atoms with E-state index in [4.69, 9.17) is 0 Å². The molecule has 1 aromatic carbocycles. The molecule has 0 bridgehead atoms. The lowest BCUT2D eigenvalue weighted by molar-refractivity contribution is 0.582. The van der Waals surface area contributed by atoms with E-state index >= 15 is 0 Å². The van der Waals surface area contributed by atoms with Gasteiger partial charge in [0.1, 0.15) is 5.82 Å². The largest absolute Gasteiger partial charge is 0.369 e. The number of hydrogen-bond donors (Lipinski definition) is 1. The van der Waals surface area contributed by atoms with Crippen LogP contribution in [0.1, 0.15) is 11.1 Å². The minimum Gasteiger partial charge on any atom is -0.369 e. The molecule has 1 N–H and O–H groups in total. The minimum absolute atomic E-state index is 0.133. The number of nitrogens with one attached hydrogen (secondary N) is 1. The van der Waals surface area contributed by atoms with Gasteiger partial charge >= 0.3 is 0 Å². The number of nitrogens with zero attached hydrogens (tertiary/aromatic N) is 1. The third-order valence-corrected chi connectivity index (χ3v) is 4.31. The van der Waals surface area contributed by atoms with Gasteiger partial charge in [0.25, 0.3) is 0 Å². The van der Waals surface area contributed by atoms with Crippen molar-refractivity contribution in [2.75, 3.05) is 31.1 Å². The summed E-state index contributed by atoms with van der Waals surface area (Å²) in [6, 6.07) is 1.65. The lowest BCUT2D eigenvalue weighted by Crippen LogP contribution is -2.43. The molecule has 0 saturated carbocycles. The van der Waals surface area contributed by atoms with E-state index in [1.165, 1.54) is 0 Å². The normalized spacial score (nSPS) is 16.6. The Morgan fingerprint density at radius 1 is 1.25 bits per heavy atom. The first-order valence-electron chi connectivity index (χ1n) is 5.52. The van der Waals surface area contributed by atoms with Gasteiger partial charge in [-0.25, -0.2) is 4.39 Å². The number of anilines is 1. The Hall–Kier alpha value is -0.610. The van der Waals surface area contributed by atoms with Gasteiger partial charge in [-0.3, -0.25) is 0 Å². The van der Waals surface area contributed by atoms with Crippen molar-refractivity contribution in [3.05, 3.63) is 27.5 Å². The molecule has 0 aliphatic carbocycles. The van der Waals surface area contributed by atoms with E-state index in [2.05, 4.69) is 26.1 Å². The maximum atomic E-state index is 13.7. The van der Waals surface area contributed by atoms with E-state index in [9.17, 15) is 4.39 Å². The number of rotatable bonds is 1. The second kappa shape index (κ2) is 4.72. The number of halogens is 2. The highest BCUT2D eigenvalue weighted by atomic mass is 79.9. The van der Waals surface area contributed by atoms with Gasteiger partial charge in [0.2, 0.25) is 0 Å². The van der Waals surface area contributed by atoms with Crippen molar-refractivity contribution in [1.82, 2.24) is 5.32 Å². The van der Waals surface area contributed by atoms with Crippen LogP contribution < -0.4 is 10.2 Å². The summed E-state index contributed by atoms with van der Waals surface area (Å²) in [5.41, 5.74) is 2.83. The third-order valence-electron chi connectivity index (χ3n) is 3.12. The van der Waals surface area contributed by atoms with Gasteiger partial charge in [-0.1, -0.05) is 15.9 Å². The molecule has 0 amide bonds. The smallest absolute Gasteiger partial charge is 0.129 e. The van der Waals surface area contributed by atoms with Crippen LogP contribution in [0, 0.1) is 19.7 Å². The summed E-state index contributed by atoms with van der Waals surface area (Å²) in [5, 5.41) is 3.30. The molecule has 0 atom stereocenters. The maximum absolute atomic E-state index is 13.7. The Kier molecular flexibility index (Phi) is 3.50. The first-order valence-corrected chi connectivity index (χ1v) is 6.31. The highest BCUT2D eigenvalue weighted by Gasteiger charge is 2.17. The maximum Gasteiger partial charge on any atom is 0.129 e. The lowest BCUT2D eigenvalue weighted by Gasteiger charge is -2.31. The highest BCUT2D eigenvalue weighted by Crippen LogP contribution is 2.32. The van der Waals surface area contributed by atoms with Crippen LogP contribution in [-0.4, -0.2) is 26.2 Å². The van der Waals surface area contributed by atoms with E-state index in [1.54, 1.807) is 13.0 Å². The Morgan fingerprint density at radius 3 is 2.50 bits per heavy atom. The van der Waals surface area contributed by atoms with Crippen LogP contribution in [0.5, 0.6) is 0 Å². The summed E-state index contributed by atoms with van der Waals surface area (Å²) in [6.45, 7) is 7.65. The molecular weight excluding hydrogens is 271 g/mol. The van der Waals surface area contributed by atoms with E-state index in [1.807, 2.05) is 6.92 Å². The topological polar surface area (TPSA) is 15.3 Å². The summed E-state index contributed by atoms with van der Waals surface area (Å²) in [7, 11) is 0. The zero-order chi connectivity index (χ0) is 11.7. The second-order valence-electron chi connectivity index (χ2n) is 4.18. The van der Waals surface area contributed by atoms with Crippen molar-refractivity contribution in [3.8, 4) is 0 Å². The van der Waals surface area contributed by atoms with Crippen molar-refractivity contribution in [1.29, 1.82) is 0 Å². The van der Waals surface area contributed by atoms with Crippen LogP contribution in [0.25, 0.3) is 0 Å². The average Bonchev–Trinajstić information content (AvgIpc) is 2.32. The van der Waals surface area contributed by atoms with Crippen LogP contribution >= 0.6 is 15.9 Å². The van der Waals surface area contributed by atoms with Crippen LogP contribution in [0.4, 0.5) is 10.1 Å². The zero-order valence-corrected chi connectivity index (χ0v) is 11.2. The summed E-state index contributed by atoms with van der Waals surface area (Å²) < 4.78 is 14.6. The predicted octanol–water partition coefficient (Wildman–Crippen LogP) is 2.61. The number of hydrogen-bond acceptors (Lipinski definition) is 2. The van der Waals surface area contributed by atoms with Crippen LogP contribution in [0.2, 0.25) is 0 Å². The highest BCUT2D eigenvalue weighted by molar-refractivity contribution is 9.10. The van der Waals surface area contributed by atoms with Gasteiger partial charge in [-0.2, -0.15) is 0 Å². The average molecular weight is 287 g/mol. The Morgan fingerprint density at radius 2 is 1.88 bits per heavy atom. The van der Waals surface area contributed by atoms with E-state index in [0.717, 1.165) is 41.9 Å². The van der Waals surface area contributed by atoms with Crippen molar-refractivity contribution in [2.24, 2.45) is 0 Å². The minimum atomic E-state index is -0.133. The van der Waals surface area contributed by atoms with Gasteiger partial charge in [0, 0.05) is 36.3 Å². The van der Waals surface area contributed by atoms with Crippen LogP contribution in [-0.2, 0) is 0 Å². The quantitative estimate of drug-likeness (QED) is 0.854. The zero-order valence-electron chi connectivity index (χ0n) is 9.61. The van der Waals surface area contributed by atoms with E-state index in [-0.39, 0.29) is 5.82 Å². The summed E-state index contributed by atoms with van der Waals surface area (Å²) in [4.78, 5) is 2.24. The Balaban J connectivity index is 2.40. The molecule has 1 aromatic rings. The summed E-state index contributed by atoms with van der Waals surface area (Å²) in [6.07, 6.45) is 0. The molecule has 88 valence electrons. The molecule has 0 radical (unpaired) electrons. The number of piperazine rings is 1. The molecule has 1 aliphatic heterocycles. The fourth-order valence-electron chi connectivity index (χ4n) is 2.07. The van der Waals surface area contributed by atoms with Crippen molar-refractivity contribution < 1.29 is 4.39 Å². The van der Waals surface area contributed by atoms with Crippen molar-refractivity contribution in [3.63, 3.8) is 0 Å². The fraction of sp³-hybridized carbons (Fsp3) is 0.500. The lowest BCUT2D eigenvalue weighted by atomic mass is 10.1. The SMILES string of the molecule is Cc1c(F)cc(N2CCNCC2)c(C)c1Br. The molecule has 1 saturated heterocycles. The molecule has 0 unspecified atom stereocenters. The van der Waals surface area contributed by atoms with Crippen molar-refractivity contribution in [2.45, 2.75) is 13.8 Å². The van der Waals surface area contributed by atoms with Gasteiger partial charge < -0.3 is 10.2 Å². The van der Waals surface area contributed by atoms with Crippen LogP contribution in [0.15, 0.2) is 10.5 Å². The standard InChI is InChI=1S/C12H16BrFN2/c1-8-10(14)7-11(9(2)12(8)13)16-5-3-15-4-6-16/h7,15H,3-6H2,1-2H3. The molecule has 1 heterocycles. The third kappa shape index (κ3) is 2.09. The molecule has 0 spiro atoms. The molecule has 1 fully saturated rings. The Bertz CT molecular complexity index is 400. The summed E-state index contributed by atoms with van der Waals surface area (Å²) >= 11 is 3.47. The number of benzene rings is 1. The molecule has 0 aromatic heterocycles. The Labute approximate surface area is 104 Å². The molecule has 1 aliphatic rings. The van der Waals surface area contributed by atoms with Gasteiger partial charge in [-0.15, -0.1) is 0 Å². The van der Waals surface area contributed by atoms with Gasteiger partial charge in [0.05, 0.1) is 0 Å². The van der Waals surface area contributed by atoms with Crippen LogP contribution in [0.3, 0.4) is 0 Å². The first-order chi connectivity index (χ1) is 7.61. The monoisotopic (exact) mass is 286 g/mol. The predicted molar refractivity (Wildman–Crippen MR) is 68.7 cm³/mol. The molecule has 2 nitrogen and oxygen atoms in total. The van der Waals surface area contributed by atoms with E-state index < -0.39 is 0 Å². The van der Waals surface area contributed by atoms with Gasteiger partial charge in [0.15, 0.2) is 0 Å². The first kappa shape index (κ1) is 11.9. The van der Waals surface area contributed by atoms with Crippen molar-refractivity contribution >= 4 is 21.6 Å². The van der Waals surface area contributed by atoms with E-state index in [0.29, 0.717) is 5.56 Å². The molecule has 2 rings (SSSR count). The molecular formula is C12H16BrFN2. The summed E-state index contributed by atoms with van der Waals surface area (Å²) in [5.74, 6) is -0.133.